The number of hydrogen-bond donors (Lipinski definition) is 0. The topological polar surface area (TPSA) is 23.8 Å². The smallest absolute Gasteiger partial charge is 0.0883 e. The van der Waals surface area contributed by atoms with Crippen LogP contribution in [0.5, 0.6) is 0 Å². The Morgan fingerprint density at radius 3 is 2.20 bits per heavy atom. The van der Waals surface area contributed by atoms with Crippen LogP contribution in [0.2, 0.25) is 0 Å². The van der Waals surface area contributed by atoms with Gasteiger partial charge in [-0.3, -0.25) is 0 Å². The maximum absolute atomic E-state index is 7.83. The third kappa shape index (κ3) is 3.45. The fourth-order valence-corrected chi connectivity index (χ4v) is 0. The highest BCUT2D eigenvalue weighted by molar-refractivity contribution is 6.23. The van der Waals surface area contributed by atoms with Crippen LogP contribution in [0.4, 0.5) is 0 Å². The Morgan fingerprint density at radius 2 is 2.20 bits per heavy atom. The Bertz CT molecular complexity index is 79.4. The van der Waals surface area contributed by atoms with Gasteiger partial charge in [-0.15, -0.1) is 0 Å². The molecule has 0 aliphatic heterocycles. The molecular weight excluding hydrogens is 78.1 g/mol. The van der Waals surface area contributed by atoms with Crippen LogP contribution in [0.1, 0.15) is 0 Å². The zero-order valence-electron chi connectivity index (χ0n) is 3.15. The standard InChI is InChI=1S/C3H5NSi/c1-3(5)2-4/h1H2,5H3. The highest BCUT2D eigenvalue weighted by Crippen LogP contribution is 1.66. The van der Waals surface area contributed by atoms with Gasteiger partial charge >= 0.3 is 0 Å². The van der Waals surface area contributed by atoms with Crippen LogP contribution < -0.4 is 0 Å². The molecule has 26 valence electrons. The van der Waals surface area contributed by atoms with Gasteiger partial charge in [-0.2, -0.15) is 5.26 Å². The summed E-state index contributed by atoms with van der Waals surface area (Å²) in [5.74, 6) is 0. The van der Waals surface area contributed by atoms with E-state index in [1.54, 1.807) is 0 Å². The molecule has 0 aromatic carbocycles. The summed E-state index contributed by atoms with van der Waals surface area (Å²) in [6.45, 7) is 3.37. The molecule has 2 heteroatoms. The predicted octanol–water partition coefficient (Wildman–Crippen LogP) is -0.611. The van der Waals surface area contributed by atoms with Crippen molar-refractivity contribution in [2.24, 2.45) is 0 Å². The lowest BCUT2D eigenvalue weighted by Crippen LogP contribution is -1.63. The quantitative estimate of drug-likeness (QED) is 0.283. The molecule has 0 saturated heterocycles. The third-order valence-corrected chi connectivity index (χ3v) is 0.414. The van der Waals surface area contributed by atoms with Crippen LogP contribution in [0.15, 0.2) is 11.8 Å². The fourth-order valence-electron chi connectivity index (χ4n) is 0. The normalized spacial score (nSPS) is 6.20. The van der Waals surface area contributed by atoms with Gasteiger partial charge in [0.15, 0.2) is 0 Å². The second kappa shape index (κ2) is 1.74. The number of hydrogen-bond acceptors (Lipinski definition) is 1. The number of allylic oxidation sites excluding steroid dienone is 1. The molecule has 0 unspecified atom stereocenters. The Labute approximate surface area is 34.3 Å². The first-order valence-corrected chi connectivity index (χ1v) is 2.33. The minimum absolute atomic E-state index is 0.699. The lowest BCUT2D eigenvalue weighted by Gasteiger charge is -1.61. The van der Waals surface area contributed by atoms with Gasteiger partial charge in [0.25, 0.3) is 0 Å². The lowest BCUT2D eigenvalue weighted by molar-refractivity contribution is 1.53. The molecule has 0 aliphatic carbocycles. The summed E-state index contributed by atoms with van der Waals surface area (Å²) in [6.07, 6.45) is 0. The van der Waals surface area contributed by atoms with Gasteiger partial charge < -0.3 is 0 Å². The van der Waals surface area contributed by atoms with E-state index in [0.29, 0.717) is 5.20 Å². The van der Waals surface area contributed by atoms with E-state index in [-0.39, 0.29) is 0 Å². The molecule has 0 aliphatic rings. The SMILES string of the molecule is C=C([SiH3])C#N. The summed E-state index contributed by atoms with van der Waals surface area (Å²) in [4.78, 5) is 0. The molecule has 0 aromatic heterocycles. The van der Waals surface area contributed by atoms with Crippen LogP contribution in [0.3, 0.4) is 0 Å². The van der Waals surface area contributed by atoms with Gasteiger partial charge in [-0.05, 0) is 5.20 Å². The highest BCUT2D eigenvalue weighted by atomic mass is 28.1. The van der Waals surface area contributed by atoms with Crippen LogP contribution >= 0.6 is 0 Å². The fraction of sp³-hybridized carbons (Fsp3) is 0. The van der Waals surface area contributed by atoms with Gasteiger partial charge in [-0.1, -0.05) is 6.58 Å². The highest BCUT2D eigenvalue weighted by Gasteiger charge is 1.64. The van der Waals surface area contributed by atoms with E-state index in [9.17, 15) is 0 Å². The molecule has 0 aromatic rings. The van der Waals surface area contributed by atoms with E-state index < -0.39 is 0 Å². The largest absolute Gasteiger partial charge is 0.193 e. The summed E-state index contributed by atoms with van der Waals surface area (Å²) < 4.78 is 0. The second-order valence-corrected chi connectivity index (χ2v) is 2.10. The first-order chi connectivity index (χ1) is 2.27. The average molecular weight is 83.2 g/mol. The summed E-state index contributed by atoms with van der Waals surface area (Å²) in [7, 11) is 0.814. The van der Waals surface area contributed by atoms with Crippen molar-refractivity contribution in [2.45, 2.75) is 0 Å². The van der Waals surface area contributed by atoms with Crippen molar-refractivity contribution in [1.82, 2.24) is 0 Å². The minimum Gasteiger partial charge on any atom is -0.193 e. The molecule has 0 heterocycles. The van der Waals surface area contributed by atoms with E-state index >= 15 is 0 Å². The van der Waals surface area contributed by atoms with Crippen LogP contribution in [-0.4, -0.2) is 10.2 Å². The zero-order valence-corrected chi connectivity index (χ0v) is 5.15. The zero-order chi connectivity index (χ0) is 4.28. The Kier molecular flexibility index (Phi) is 1.54. The summed E-state index contributed by atoms with van der Waals surface area (Å²) in [6, 6.07) is 1.90. The van der Waals surface area contributed by atoms with Crippen LogP contribution in [0, 0.1) is 11.3 Å². The molecule has 0 amide bonds. The molecular formula is C3H5NSi. The maximum Gasteiger partial charge on any atom is 0.0883 e. The average Bonchev–Trinajstić information content (AvgIpc) is 1.38. The van der Waals surface area contributed by atoms with E-state index in [4.69, 9.17) is 5.26 Å². The number of nitriles is 1. The van der Waals surface area contributed by atoms with Crippen molar-refractivity contribution in [1.29, 1.82) is 5.26 Å². The molecule has 0 saturated carbocycles. The van der Waals surface area contributed by atoms with Crippen molar-refractivity contribution >= 4 is 10.2 Å². The Balaban J connectivity index is 3.35. The maximum atomic E-state index is 7.83. The van der Waals surface area contributed by atoms with Crippen molar-refractivity contribution in [3.8, 4) is 6.07 Å². The third-order valence-electron chi connectivity index (χ3n) is 0.191. The summed E-state index contributed by atoms with van der Waals surface area (Å²) in [5, 5.41) is 8.53. The van der Waals surface area contributed by atoms with Gasteiger partial charge in [-0.25, -0.2) is 0 Å². The lowest BCUT2D eigenvalue weighted by atomic mass is 10.7. The molecule has 5 heavy (non-hydrogen) atoms. The predicted molar refractivity (Wildman–Crippen MR) is 24.7 cm³/mol. The van der Waals surface area contributed by atoms with Gasteiger partial charge in [0.1, 0.15) is 0 Å². The Morgan fingerprint density at radius 1 is 2.00 bits per heavy atom. The molecule has 0 radical (unpaired) electrons. The summed E-state index contributed by atoms with van der Waals surface area (Å²) in [5.41, 5.74) is 0. The van der Waals surface area contributed by atoms with Crippen molar-refractivity contribution < 1.29 is 0 Å². The van der Waals surface area contributed by atoms with E-state index in [1.165, 1.54) is 0 Å². The minimum atomic E-state index is 0.699. The number of nitrogens with zero attached hydrogens (tertiary/aromatic N) is 1. The summed E-state index contributed by atoms with van der Waals surface area (Å²) >= 11 is 0. The van der Waals surface area contributed by atoms with Gasteiger partial charge in [0, 0.05) is 0 Å². The van der Waals surface area contributed by atoms with Gasteiger partial charge in [0.2, 0.25) is 0 Å². The molecule has 0 rings (SSSR count). The Hall–Kier alpha value is -0.553. The molecule has 0 N–H and O–H groups in total. The van der Waals surface area contributed by atoms with Crippen molar-refractivity contribution in [3.63, 3.8) is 0 Å². The monoisotopic (exact) mass is 83.0 g/mol. The molecule has 0 fully saturated rings. The van der Waals surface area contributed by atoms with Crippen LogP contribution in [0.25, 0.3) is 0 Å². The number of rotatable bonds is 0. The second-order valence-electron chi connectivity index (χ2n) is 0.892. The first-order valence-electron chi connectivity index (χ1n) is 1.33. The molecule has 0 atom stereocenters. The van der Waals surface area contributed by atoms with Crippen molar-refractivity contribution in [2.75, 3.05) is 0 Å². The molecule has 0 bridgehead atoms. The molecule has 1 nitrogen and oxygen atoms in total. The van der Waals surface area contributed by atoms with E-state index in [2.05, 4.69) is 6.58 Å². The molecule has 0 spiro atoms. The van der Waals surface area contributed by atoms with E-state index in [0.717, 1.165) is 10.2 Å². The van der Waals surface area contributed by atoms with E-state index in [1.807, 2.05) is 6.07 Å². The first kappa shape index (κ1) is 4.45. The van der Waals surface area contributed by atoms with Crippen molar-refractivity contribution in [3.05, 3.63) is 11.8 Å². The van der Waals surface area contributed by atoms with Crippen LogP contribution in [-0.2, 0) is 0 Å². The van der Waals surface area contributed by atoms with Gasteiger partial charge in [0.05, 0.1) is 16.3 Å².